The lowest BCUT2D eigenvalue weighted by molar-refractivity contribution is 0.583. The molecule has 0 amide bonds. The molecule has 0 bridgehead atoms. The van der Waals surface area contributed by atoms with Gasteiger partial charge in [0, 0.05) is 18.3 Å². The van der Waals surface area contributed by atoms with Gasteiger partial charge in [-0.05, 0) is 34.5 Å². The van der Waals surface area contributed by atoms with Crippen molar-refractivity contribution in [3.05, 3.63) is 33.4 Å². The fraction of sp³-hybridized carbons (Fsp3) is 0.222. The topological polar surface area (TPSA) is 74.8 Å². The van der Waals surface area contributed by atoms with Gasteiger partial charge in [0.2, 0.25) is 10.0 Å². The van der Waals surface area contributed by atoms with E-state index in [0.29, 0.717) is 4.21 Å². The third kappa shape index (κ3) is 2.95. The second-order valence-corrected chi connectivity index (χ2v) is 7.82. The molecule has 2 aromatic heterocycles. The number of nitrogens with one attached hydrogen (secondary N) is 2. The summed E-state index contributed by atoms with van der Waals surface area (Å²) in [5, 5.41) is 6.38. The first kappa shape index (κ1) is 12.7. The highest BCUT2D eigenvalue weighted by molar-refractivity contribution is 9.11. The molecular weight excluding hydrogens is 326 g/mol. The van der Waals surface area contributed by atoms with Crippen LogP contribution in [0.25, 0.3) is 0 Å². The van der Waals surface area contributed by atoms with Crippen molar-refractivity contribution >= 4 is 37.3 Å². The lowest BCUT2D eigenvalue weighted by atomic mass is 10.4. The Hall–Kier alpha value is -0.700. The molecule has 0 unspecified atom stereocenters. The summed E-state index contributed by atoms with van der Waals surface area (Å²) in [4.78, 5) is 0. The van der Waals surface area contributed by atoms with Gasteiger partial charge in [0.15, 0.2) is 0 Å². The maximum atomic E-state index is 11.9. The highest BCUT2D eigenvalue weighted by atomic mass is 79.9. The van der Waals surface area contributed by atoms with Crippen LogP contribution in [0, 0.1) is 6.92 Å². The minimum absolute atomic E-state index is 0.230. The van der Waals surface area contributed by atoms with E-state index < -0.39 is 10.0 Å². The molecule has 0 fully saturated rings. The van der Waals surface area contributed by atoms with Crippen molar-refractivity contribution < 1.29 is 8.42 Å². The second kappa shape index (κ2) is 4.89. The molecule has 0 aliphatic rings. The van der Waals surface area contributed by atoms with Crippen LogP contribution in [-0.4, -0.2) is 18.6 Å². The molecule has 0 atom stereocenters. The number of nitrogens with zero attached hydrogens (tertiary/aromatic N) is 1. The predicted octanol–water partition coefficient (Wildman–Crippen LogP) is 2.02. The molecule has 2 heterocycles. The van der Waals surface area contributed by atoms with E-state index in [1.807, 2.05) is 6.92 Å². The fourth-order valence-electron chi connectivity index (χ4n) is 1.19. The molecule has 5 nitrogen and oxygen atoms in total. The first-order valence-electron chi connectivity index (χ1n) is 4.72. The number of thiophene rings is 1. The van der Waals surface area contributed by atoms with Crippen molar-refractivity contribution in [3.8, 4) is 0 Å². The molecular formula is C9H10BrN3O2S2. The van der Waals surface area contributed by atoms with Crippen molar-refractivity contribution in [2.75, 3.05) is 0 Å². The van der Waals surface area contributed by atoms with Crippen LogP contribution in [0.3, 0.4) is 0 Å². The Bertz CT molecular complexity index is 585. The largest absolute Gasteiger partial charge is 0.285 e. The summed E-state index contributed by atoms with van der Waals surface area (Å²) in [5.74, 6) is 0. The van der Waals surface area contributed by atoms with Gasteiger partial charge in [0.05, 0.1) is 9.98 Å². The smallest absolute Gasteiger partial charge is 0.250 e. The Labute approximate surface area is 111 Å². The number of sulfonamides is 1. The Morgan fingerprint density at radius 2 is 2.35 bits per heavy atom. The average molecular weight is 336 g/mol. The summed E-state index contributed by atoms with van der Waals surface area (Å²) >= 11 is 4.51. The van der Waals surface area contributed by atoms with Gasteiger partial charge in [0.25, 0.3) is 0 Å². The minimum atomic E-state index is -3.44. The van der Waals surface area contributed by atoms with E-state index in [4.69, 9.17) is 0 Å². The van der Waals surface area contributed by atoms with Gasteiger partial charge >= 0.3 is 0 Å². The van der Waals surface area contributed by atoms with Crippen LogP contribution in [-0.2, 0) is 16.6 Å². The number of hydrogen-bond donors (Lipinski definition) is 2. The normalized spacial score (nSPS) is 11.9. The third-order valence-corrected chi connectivity index (χ3v) is 6.13. The number of H-pyrrole nitrogens is 1. The molecule has 0 aliphatic heterocycles. The van der Waals surface area contributed by atoms with Gasteiger partial charge in [-0.15, -0.1) is 11.3 Å². The lowest BCUT2D eigenvalue weighted by Gasteiger charge is -2.02. The summed E-state index contributed by atoms with van der Waals surface area (Å²) in [6, 6.07) is 1.65. The van der Waals surface area contributed by atoms with E-state index in [1.54, 1.807) is 18.5 Å². The van der Waals surface area contributed by atoms with Crippen molar-refractivity contribution in [1.29, 1.82) is 0 Å². The number of halogens is 1. The Balaban J connectivity index is 2.14. The minimum Gasteiger partial charge on any atom is -0.285 e. The Morgan fingerprint density at radius 1 is 1.59 bits per heavy atom. The summed E-state index contributed by atoms with van der Waals surface area (Å²) in [5.41, 5.74) is 1.71. The first-order valence-corrected chi connectivity index (χ1v) is 7.81. The monoisotopic (exact) mass is 335 g/mol. The van der Waals surface area contributed by atoms with Crippen molar-refractivity contribution in [2.45, 2.75) is 17.7 Å². The van der Waals surface area contributed by atoms with E-state index in [9.17, 15) is 8.42 Å². The summed E-state index contributed by atoms with van der Waals surface area (Å²) in [6.45, 7) is 2.09. The van der Waals surface area contributed by atoms with Crippen LogP contribution < -0.4 is 4.72 Å². The molecule has 92 valence electrons. The van der Waals surface area contributed by atoms with Crippen LogP contribution in [0.5, 0.6) is 0 Å². The van der Waals surface area contributed by atoms with Crippen LogP contribution in [0.2, 0.25) is 0 Å². The van der Waals surface area contributed by atoms with Crippen LogP contribution in [0.1, 0.15) is 11.1 Å². The third-order valence-electron chi connectivity index (χ3n) is 2.12. The van der Waals surface area contributed by atoms with Crippen molar-refractivity contribution in [3.63, 3.8) is 0 Å². The number of aromatic amines is 1. The van der Waals surface area contributed by atoms with Gasteiger partial charge in [0.1, 0.15) is 4.21 Å². The number of aryl methyl sites for hydroxylation is 1. The molecule has 2 aromatic rings. The molecule has 2 N–H and O–H groups in total. The molecule has 0 spiro atoms. The molecule has 8 heteroatoms. The quantitative estimate of drug-likeness (QED) is 0.897. The number of hydrogen-bond acceptors (Lipinski definition) is 4. The predicted molar refractivity (Wildman–Crippen MR) is 69.4 cm³/mol. The molecule has 0 aliphatic carbocycles. The number of rotatable bonds is 4. The zero-order chi connectivity index (χ0) is 12.5. The van der Waals surface area contributed by atoms with Gasteiger partial charge < -0.3 is 0 Å². The van der Waals surface area contributed by atoms with Gasteiger partial charge in [-0.2, -0.15) is 5.10 Å². The van der Waals surface area contributed by atoms with Gasteiger partial charge in [-0.1, -0.05) is 0 Å². The summed E-state index contributed by atoms with van der Waals surface area (Å²) in [6.07, 6.45) is 3.23. The zero-order valence-electron chi connectivity index (χ0n) is 8.90. The first-order chi connectivity index (χ1) is 7.99. The van der Waals surface area contributed by atoms with Crippen LogP contribution in [0.15, 0.2) is 26.5 Å². The van der Waals surface area contributed by atoms with Crippen molar-refractivity contribution in [1.82, 2.24) is 14.9 Å². The number of aromatic nitrogens is 2. The van der Waals surface area contributed by atoms with E-state index in [0.717, 1.165) is 14.9 Å². The molecule has 0 radical (unpaired) electrons. The lowest BCUT2D eigenvalue weighted by Crippen LogP contribution is -2.22. The maximum Gasteiger partial charge on any atom is 0.250 e. The molecule has 0 saturated heterocycles. The summed E-state index contributed by atoms with van der Waals surface area (Å²) < 4.78 is 27.5. The van der Waals surface area contributed by atoms with E-state index in [1.165, 1.54) is 11.3 Å². The van der Waals surface area contributed by atoms with Crippen molar-refractivity contribution in [2.24, 2.45) is 0 Å². The zero-order valence-corrected chi connectivity index (χ0v) is 12.1. The average Bonchev–Trinajstić information content (AvgIpc) is 2.87. The Kier molecular flexibility index (Phi) is 3.67. The molecule has 17 heavy (non-hydrogen) atoms. The van der Waals surface area contributed by atoms with E-state index in [-0.39, 0.29) is 6.54 Å². The second-order valence-electron chi connectivity index (χ2n) is 3.45. The molecule has 0 aromatic carbocycles. The Morgan fingerprint density at radius 3 is 2.88 bits per heavy atom. The van der Waals surface area contributed by atoms with Crippen LogP contribution >= 0.6 is 27.3 Å². The van der Waals surface area contributed by atoms with E-state index >= 15 is 0 Å². The van der Waals surface area contributed by atoms with Gasteiger partial charge in [-0.25, -0.2) is 13.1 Å². The highest BCUT2D eigenvalue weighted by Crippen LogP contribution is 2.30. The molecule has 2 rings (SSSR count). The van der Waals surface area contributed by atoms with E-state index in [2.05, 4.69) is 30.8 Å². The van der Waals surface area contributed by atoms with Gasteiger partial charge in [-0.3, -0.25) is 5.10 Å². The SMILES string of the molecule is Cc1cc(S(=O)(=O)NCc2cn[nH]c2)sc1Br. The molecule has 0 saturated carbocycles. The van der Waals surface area contributed by atoms with Crippen LogP contribution in [0.4, 0.5) is 0 Å². The standard InChI is InChI=1S/C9H10BrN3O2S2/c1-6-2-8(16-9(6)10)17(14,15)13-5-7-3-11-12-4-7/h2-4,13H,5H2,1H3,(H,11,12). The highest BCUT2D eigenvalue weighted by Gasteiger charge is 2.17. The summed E-state index contributed by atoms with van der Waals surface area (Å²) in [7, 11) is -3.44. The fourth-order valence-corrected chi connectivity index (χ4v) is 4.48. The maximum absolute atomic E-state index is 11.9.